The van der Waals surface area contributed by atoms with Crippen LogP contribution in [0.1, 0.15) is 55.9 Å². The highest BCUT2D eigenvalue weighted by molar-refractivity contribution is 5.65. The molecule has 1 saturated carbocycles. The Hall–Kier alpha value is -3.44. The van der Waals surface area contributed by atoms with Crippen LogP contribution in [-0.2, 0) is 15.6 Å². The standard InChI is InChI=1S/C33H30F8O3/c1-2-3-4-18-5-7-19(8-6-18)22-16-42-32(43-17-22)20-9-10-24(25(34)11-20)21-12-26(35)30(27(36)13-21)33(40,41)44-23-14-28(37)31(39)29(38)15-23/h2,9-15,18-19,22,32H,1,3-8,16-17H2. The van der Waals surface area contributed by atoms with Crippen LogP contribution in [0.4, 0.5) is 35.1 Å². The summed E-state index contributed by atoms with van der Waals surface area (Å²) in [4.78, 5) is 0. The maximum Gasteiger partial charge on any atom is 0.432 e. The lowest BCUT2D eigenvalue weighted by Gasteiger charge is -2.37. The lowest BCUT2D eigenvalue weighted by atomic mass is 9.75. The molecule has 11 heteroatoms. The molecule has 0 aromatic heterocycles. The zero-order chi connectivity index (χ0) is 31.6. The molecule has 1 heterocycles. The van der Waals surface area contributed by atoms with Crippen LogP contribution in [0.5, 0.6) is 5.75 Å². The molecule has 2 aliphatic rings. The third-order valence-electron chi connectivity index (χ3n) is 8.37. The van der Waals surface area contributed by atoms with E-state index >= 15 is 4.39 Å². The summed E-state index contributed by atoms with van der Waals surface area (Å²) in [6.07, 6.45) is 3.04. The van der Waals surface area contributed by atoms with Gasteiger partial charge in [-0.1, -0.05) is 31.1 Å². The van der Waals surface area contributed by atoms with Gasteiger partial charge in [0.25, 0.3) is 0 Å². The summed E-state index contributed by atoms with van der Waals surface area (Å²) in [5, 5.41) is 0. The average Bonchev–Trinajstić information content (AvgIpc) is 2.98. The van der Waals surface area contributed by atoms with Crippen molar-refractivity contribution in [2.24, 2.45) is 17.8 Å². The third kappa shape index (κ3) is 6.94. The molecule has 3 aromatic rings. The van der Waals surface area contributed by atoms with Crippen molar-refractivity contribution >= 4 is 0 Å². The topological polar surface area (TPSA) is 27.7 Å². The first kappa shape index (κ1) is 32.0. The smallest absolute Gasteiger partial charge is 0.429 e. The maximum absolute atomic E-state index is 15.1. The van der Waals surface area contributed by atoms with Gasteiger partial charge in [-0.3, -0.25) is 0 Å². The molecule has 5 rings (SSSR count). The Morgan fingerprint density at radius 3 is 1.95 bits per heavy atom. The van der Waals surface area contributed by atoms with Crippen LogP contribution in [0.15, 0.2) is 55.1 Å². The van der Waals surface area contributed by atoms with Crippen molar-refractivity contribution in [3.63, 3.8) is 0 Å². The molecule has 0 bridgehead atoms. The fourth-order valence-corrected chi connectivity index (χ4v) is 5.99. The van der Waals surface area contributed by atoms with E-state index in [0.29, 0.717) is 42.7 Å². The molecular formula is C33H30F8O3. The average molecular weight is 627 g/mol. The molecular weight excluding hydrogens is 596 g/mol. The predicted molar refractivity (Wildman–Crippen MR) is 146 cm³/mol. The lowest BCUT2D eigenvalue weighted by Crippen LogP contribution is -2.34. The van der Waals surface area contributed by atoms with Gasteiger partial charge < -0.3 is 14.2 Å². The van der Waals surface area contributed by atoms with Crippen molar-refractivity contribution < 1.29 is 49.3 Å². The fourth-order valence-electron chi connectivity index (χ4n) is 5.99. The molecule has 44 heavy (non-hydrogen) atoms. The van der Waals surface area contributed by atoms with Crippen molar-refractivity contribution in [1.82, 2.24) is 0 Å². The molecule has 0 N–H and O–H groups in total. The lowest BCUT2D eigenvalue weighted by molar-refractivity contribution is -0.214. The highest BCUT2D eigenvalue weighted by atomic mass is 19.3. The Morgan fingerprint density at radius 2 is 1.39 bits per heavy atom. The second-order valence-electron chi connectivity index (χ2n) is 11.3. The van der Waals surface area contributed by atoms with Crippen molar-refractivity contribution in [3.05, 3.63) is 101 Å². The van der Waals surface area contributed by atoms with Gasteiger partial charge in [-0.05, 0) is 61.3 Å². The number of benzene rings is 3. The van der Waals surface area contributed by atoms with E-state index < -0.39 is 64.2 Å². The Bertz CT molecular complexity index is 1450. The van der Waals surface area contributed by atoms with Crippen LogP contribution in [0.2, 0.25) is 0 Å². The molecule has 0 unspecified atom stereocenters. The summed E-state index contributed by atoms with van der Waals surface area (Å²) in [6, 6.07) is 4.92. The summed E-state index contributed by atoms with van der Waals surface area (Å²) in [7, 11) is 0. The zero-order valence-corrected chi connectivity index (χ0v) is 23.5. The van der Waals surface area contributed by atoms with E-state index in [1.165, 1.54) is 12.1 Å². The Kier molecular flexibility index (Phi) is 9.65. The first-order chi connectivity index (χ1) is 21.0. The monoisotopic (exact) mass is 626 g/mol. The van der Waals surface area contributed by atoms with E-state index in [9.17, 15) is 30.7 Å². The SMILES string of the molecule is C=CCCC1CCC(C2COC(c3ccc(-c4cc(F)c(C(F)(F)Oc5cc(F)c(F)c(F)c5)c(F)c4)c(F)c3)OC2)CC1. The van der Waals surface area contributed by atoms with Crippen LogP contribution in [-0.4, -0.2) is 13.2 Å². The van der Waals surface area contributed by atoms with Crippen LogP contribution in [0.25, 0.3) is 11.1 Å². The molecule has 3 nitrogen and oxygen atoms in total. The zero-order valence-electron chi connectivity index (χ0n) is 23.5. The predicted octanol–water partition coefficient (Wildman–Crippen LogP) is 9.75. The number of rotatable bonds is 9. The molecule has 0 amide bonds. The second-order valence-corrected chi connectivity index (χ2v) is 11.3. The minimum Gasteiger partial charge on any atom is -0.429 e. The van der Waals surface area contributed by atoms with Gasteiger partial charge in [-0.25, -0.2) is 26.3 Å². The van der Waals surface area contributed by atoms with Gasteiger partial charge in [-0.15, -0.1) is 6.58 Å². The number of halogens is 8. The minimum atomic E-state index is -4.76. The number of allylic oxidation sites excluding steroid dienone is 1. The van der Waals surface area contributed by atoms with Gasteiger partial charge in [0.2, 0.25) is 0 Å². The van der Waals surface area contributed by atoms with Gasteiger partial charge in [0, 0.05) is 29.2 Å². The number of hydrogen-bond donors (Lipinski definition) is 0. The molecule has 3 aromatic carbocycles. The number of hydrogen-bond acceptors (Lipinski definition) is 3. The maximum atomic E-state index is 15.1. The van der Waals surface area contributed by atoms with Gasteiger partial charge in [-0.2, -0.15) is 8.78 Å². The van der Waals surface area contributed by atoms with Crippen LogP contribution in [0, 0.1) is 52.7 Å². The van der Waals surface area contributed by atoms with Gasteiger partial charge in [0.05, 0.1) is 13.2 Å². The minimum absolute atomic E-state index is 0.101. The van der Waals surface area contributed by atoms with Crippen molar-refractivity contribution in [2.45, 2.75) is 50.9 Å². The third-order valence-corrected chi connectivity index (χ3v) is 8.37. The second kappa shape index (κ2) is 13.3. The normalized spacial score (nSPS) is 22.5. The highest BCUT2D eigenvalue weighted by Gasteiger charge is 2.42. The summed E-state index contributed by atoms with van der Waals surface area (Å²) >= 11 is 0. The molecule has 0 spiro atoms. The molecule has 1 aliphatic heterocycles. The summed E-state index contributed by atoms with van der Waals surface area (Å²) in [6.45, 7) is 4.68. The van der Waals surface area contributed by atoms with E-state index in [1.807, 2.05) is 6.08 Å². The van der Waals surface area contributed by atoms with Crippen molar-refractivity contribution in [1.29, 1.82) is 0 Å². The molecule has 236 valence electrons. The molecule has 1 aliphatic carbocycles. The Labute approximate surface area is 249 Å². The molecule has 0 atom stereocenters. The fraction of sp³-hybridized carbons (Fsp3) is 0.394. The van der Waals surface area contributed by atoms with E-state index in [2.05, 4.69) is 11.3 Å². The Balaban J connectivity index is 1.25. The van der Waals surface area contributed by atoms with E-state index in [1.54, 1.807) is 0 Å². The van der Waals surface area contributed by atoms with Gasteiger partial charge >= 0.3 is 6.11 Å². The van der Waals surface area contributed by atoms with E-state index in [-0.39, 0.29) is 23.6 Å². The quantitative estimate of drug-likeness (QED) is 0.135. The van der Waals surface area contributed by atoms with Crippen LogP contribution < -0.4 is 4.74 Å². The van der Waals surface area contributed by atoms with E-state index in [0.717, 1.165) is 44.6 Å². The number of alkyl halides is 2. The first-order valence-corrected chi connectivity index (χ1v) is 14.3. The molecule has 1 saturated heterocycles. The van der Waals surface area contributed by atoms with Crippen molar-refractivity contribution in [2.75, 3.05) is 13.2 Å². The van der Waals surface area contributed by atoms with Gasteiger partial charge in [0.15, 0.2) is 23.7 Å². The number of ether oxygens (including phenoxy) is 3. The van der Waals surface area contributed by atoms with Crippen molar-refractivity contribution in [3.8, 4) is 16.9 Å². The van der Waals surface area contributed by atoms with Gasteiger partial charge in [0.1, 0.15) is 28.8 Å². The Morgan fingerprint density at radius 1 is 0.773 bits per heavy atom. The largest absolute Gasteiger partial charge is 0.432 e. The first-order valence-electron chi connectivity index (χ1n) is 14.3. The van der Waals surface area contributed by atoms with E-state index in [4.69, 9.17) is 9.47 Å². The van der Waals surface area contributed by atoms with Crippen LogP contribution >= 0.6 is 0 Å². The summed E-state index contributed by atoms with van der Waals surface area (Å²) in [5.74, 6) is -9.92. The summed E-state index contributed by atoms with van der Waals surface area (Å²) < 4.78 is 130. The van der Waals surface area contributed by atoms with Crippen LogP contribution in [0.3, 0.4) is 0 Å². The summed E-state index contributed by atoms with van der Waals surface area (Å²) in [5.41, 5.74) is -2.22. The molecule has 2 fully saturated rings. The molecule has 0 radical (unpaired) electrons. The highest BCUT2D eigenvalue weighted by Crippen LogP contribution is 2.40.